The molecule has 1 fully saturated rings. The van der Waals surface area contributed by atoms with Crippen molar-refractivity contribution >= 4 is 50.8 Å². The Morgan fingerprint density at radius 2 is 1.72 bits per heavy atom. The van der Waals surface area contributed by atoms with Crippen LogP contribution >= 0.6 is 23.2 Å². The monoisotopic (exact) mass is 498 g/mol. The first-order valence-corrected chi connectivity index (χ1v) is 12.6. The molecule has 0 saturated carbocycles. The maximum Gasteiger partial charge on any atom is 0.338 e. The van der Waals surface area contributed by atoms with Crippen molar-refractivity contribution in [2.24, 2.45) is 5.92 Å². The fraction of sp³-hybridized carbons (Fsp3) is 0.364. The highest BCUT2D eigenvalue weighted by atomic mass is 35.5. The van der Waals surface area contributed by atoms with Crippen LogP contribution in [0.5, 0.6) is 0 Å². The summed E-state index contributed by atoms with van der Waals surface area (Å²) in [6.07, 6.45) is 0.776. The highest BCUT2D eigenvalue weighted by Gasteiger charge is 2.32. The molecule has 2 aromatic carbocycles. The second kappa shape index (κ2) is 10.7. The van der Waals surface area contributed by atoms with Crippen LogP contribution < -0.4 is 5.32 Å². The molecule has 1 heterocycles. The van der Waals surface area contributed by atoms with Crippen LogP contribution in [0.4, 0.5) is 5.69 Å². The van der Waals surface area contributed by atoms with Gasteiger partial charge in [0, 0.05) is 40.3 Å². The van der Waals surface area contributed by atoms with E-state index in [1.54, 1.807) is 49.4 Å². The quantitative estimate of drug-likeness (QED) is 0.572. The average molecular weight is 499 g/mol. The lowest BCUT2D eigenvalue weighted by molar-refractivity contribution is -0.120. The molecule has 1 aliphatic heterocycles. The van der Waals surface area contributed by atoms with Gasteiger partial charge in [-0.3, -0.25) is 4.79 Å². The summed E-state index contributed by atoms with van der Waals surface area (Å²) < 4.78 is 32.0. The summed E-state index contributed by atoms with van der Waals surface area (Å²) >= 11 is 12.2. The molecule has 2 aromatic rings. The average Bonchev–Trinajstić information content (AvgIpc) is 2.77. The second-order valence-corrected chi connectivity index (χ2v) is 10.2. The van der Waals surface area contributed by atoms with Crippen LogP contribution in [0, 0.1) is 5.92 Å². The number of piperidine rings is 1. The second-order valence-electron chi connectivity index (χ2n) is 7.42. The summed E-state index contributed by atoms with van der Waals surface area (Å²) in [5.41, 5.74) is 1.21. The number of benzene rings is 2. The number of esters is 1. The number of ether oxygens (including phenoxy) is 1. The molecule has 0 atom stereocenters. The number of nitrogens with zero attached hydrogens (tertiary/aromatic N) is 1. The molecule has 0 unspecified atom stereocenters. The third-order valence-corrected chi connectivity index (χ3v) is 7.76. The number of hydrogen-bond donors (Lipinski definition) is 1. The Morgan fingerprint density at radius 1 is 1.09 bits per heavy atom. The molecule has 0 bridgehead atoms. The van der Waals surface area contributed by atoms with Crippen molar-refractivity contribution in [2.45, 2.75) is 25.5 Å². The Balaban J connectivity index is 1.59. The molecule has 0 radical (unpaired) electrons. The summed E-state index contributed by atoms with van der Waals surface area (Å²) in [6, 6.07) is 11.4. The van der Waals surface area contributed by atoms with E-state index in [2.05, 4.69) is 5.32 Å². The highest BCUT2D eigenvalue weighted by molar-refractivity contribution is 7.88. The van der Waals surface area contributed by atoms with Gasteiger partial charge in [-0.2, -0.15) is 0 Å². The maximum atomic E-state index is 12.8. The minimum Gasteiger partial charge on any atom is -0.462 e. The van der Waals surface area contributed by atoms with Gasteiger partial charge in [0.05, 0.1) is 17.9 Å². The number of amides is 1. The van der Waals surface area contributed by atoms with E-state index in [9.17, 15) is 18.0 Å². The number of anilines is 1. The summed E-state index contributed by atoms with van der Waals surface area (Å²) in [4.78, 5) is 24.6. The molecule has 7 nitrogen and oxygen atoms in total. The molecule has 0 aliphatic carbocycles. The standard InChI is InChI=1S/C22H24Cl2N2O5S/c1-2-31-22(28)16-5-3-6-17(13-16)25-21(27)15-9-11-26(12-10-15)32(29,30)14-18-19(23)7-4-8-20(18)24/h3-8,13,15H,2,9-12,14H2,1H3,(H,25,27). The van der Waals surface area contributed by atoms with E-state index in [-0.39, 0.29) is 37.3 Å². The van der Waals surface area contributed by atoms with Crippen molar-refractivity contribution in [1.29, 1.82) is 0 Å². The molecule has 0 spiro atoms. The predicted molar refractivity (Wildman–Crippen MR) is 124 cm³/mol. The van der Waals surface area contributed by atoms with Crippen LogP contribution in [0.15, 0.2) is 42.5 Å². The van der Waals surface area contributed by atoms with Crippen LogP contribution in [0.3, 0.4) is 0 Å². The van der Waals surface area contributed by atoms with Gasteiger partial charge in [-0.25, -0.2) is 17.5 Å². The van der Waals surface area contributed by atoms with Gasteiger partial charge in [0.1, 0.15) is 0 Å². The first kappa shape index (κ1) is 24.5. The van der Waals surface area contributed by atoms with Crippen LogP contribution in [0.25, 0.3) is 0 Å². The minimum atomic E-state index is -3.63. The van der Waals surface area contributed by atoms with Crippen LogP contribution in [0.2, 0.25) is 10.0 Å². The lowest BCUT2D eigenvalue weighted by Gasteiger charge is -2.30. The topological polar surface area (TPSA) is 92.8 Å². The zero-order valence-corrected chi connectivity index (χ0v) is 19.8. The van der Waals surface area contributed by atoms with E-state index in [1.807, 2.05) is 0 Å². The largest absolute Gasteiger partial charge is 0.462 e. The van der Waals surface area contributed by atoms with Crippen molar-refractivity contribution < 1.29 is 22.7 Å². The van der Waals surface area contributed by atoms with E-state index in [1.165, 1.54) is 4.31 Å². The number of rotatable bonds is 7. The summed E-state index contributed by atoms with van der Waals surface area (Å²) in [7, 11) is -3.63. The number of halogens is 2. The van der Waals surface area contributed by atoms with E-state index >= 15 is 0 Å². The van der Waals surface area contributed by atoms with Crippen LogP contribution in [0.1, 0.15) is 35.7 Å². The number of carbonyl (C=O) groups excluding carboxylic acids is 2. The van der Waals surface area contributed by atoms with Crippen LogP contribution in [-0.4, -0.2) is 44.3 Å². The van der Waals surface area contributed by atoms with E-state index in [4.69, 9.17) is 27.9 Å². The smallest absolute Gasteiger partial charge is 0.338 e. The van der Waals surface area contributed by atoms with Gasteiger partial charge in [-0.1, -0.05) is 35.3 Å². The summed E-state index contributed by atoms with van der Waals surface area (Å²) in [5.74, 6) is -1.29. The van der Waals surface area contributed by atoms with Gasteiger partial charge in [-0.05, 0) is 50.1 Å². The fourth-order valence-electron chi connectivity index (χ4n) is 3.52. The third kappa shape index (κ3) is 6.01. The van der Waals surface area contributed by atoms with Crippen molar-refractivity contribution in [3.8, 4) is 0 Å². The lowest BCUT2D eigenvalue weighted by Crippen LogP contribution is -2.42. The van der Waals surface area contributed by atoms with E-state index in [0.29, 0.717) is 39.7 Å². The van der Waals surface area contributed by atoms with Crippen LogP contribution in [-0.2, 0) is 25.3 Å². The number of hydrogen-bond acceptors (Lipinski definition) is 5. The zero-order valence-electron chi connectivity index (χ0n) is 17.5. The molecular weight excluding hydrogens is 475 g/mol. The molecule has 172 valence electrons. The van der Waals surface area contributed by atoms with Crippen molar-refractivity contribution in [3.05, 3.63) is 63.6 Å². The predicted octanol–water partition coefficient (Wildman–Crippen LogP) is 4.35. The molecule has 1 amide bonds. The van der Waals surface area contributed by atoms with Gasteiger partial charge >= 0.3 is 5.97 Å². The molecule has 10 heteroatoms. The lowest BCUT2D eigenvalue weighted by atomic mass is 9.97. The Morgan fingerprint density at radius 3 is 2.34 bits per heavy atom. The fourth-order valence-corrected chi connectivity index (χ4v) is 5.84. The first-order valence-electron chi connectivity index (χ1n) is 10.2. The van der Waals surface area contributed by atoms with E-state index in [0.717, 1.165) is 0 Å². The summed E-state index contributed by atoms with van der Waals surface area (Å²) in [6.45, 7) is 2.44. The molecule has 1 aliphatic rings. The molecule has 0 aromatic heterocycles. The maximum absolute atomic E-state index is 12.8. The van der Waals surface area contributed by atoms with Gasteiger partial charge < -0.3 is 10.1 Å². The molecule has 3 rings (SSSR count). The first-order chi connectivity index (χ1) is 15.2. The Kier molecular flexibility index (Phi) is 8.16. The number of carbonyl (C=O) groups is 2. The molecule has 1 N–H and O–H groups in total. The normalized spacial score (nSPS) is 15.3. The van der Waals surface area contributed by atoms with Crippen molar-refractivity contribution in [2.75, 3.05) is 25.0 Å². The minimum absolute atomic E-state index is 0.211. The van der Waals surface area contributed by atoms with Gasteiger partial charge in [0.2, 0.25) is 15.9 Å². The zero-order chi connectivity index (χ0) is 23.3. The highest BCUT2D eigenvalue weighted by Crippen LogP contribution is 2.29. The van der Waals surface area contributed by atoms with Gasteiger partial charge in [-0.15, -0.1) is 0 Å². The summed E-state index contributed by atoms with van der Waals surface area (Å²) in [5, 5.41) is 3.42. The molecular formula is C22H24Cl2N2O5S. The van der Waals surface area contributed by atoms with Crippen molar-refractivity contribution in [3.63, 3.8) is 0 Å². The molecule has 1 saturated heterocycles. The number of sulfonamides is 1. The van der Waals surface area contributed by atoms with E-state index < -0.39 is 16.0 Å². The Labute approximate surface area is 197 Å². The number of nitrogens with one attached hydrogen (secondary N) is 1. The molecule has 32 heavy (non-hydrogen) atoms. The van der Waals surface area contributed by atoms with Crippen molar-refractivity contribution in [1.82, 2.24) is 4.31 Å². The van der Waals surface area contributed by atoms with Gasteiger partial charge in [0.15, 0.2) is 0 Å². The van der Waals surface area contributed by atoms with Gasteiger partial charge in [0.25, 0.3) is 0 Å². The third-order valence-electron chi connectivity index (χ3n) is 5.25. The SMILES string of the molecule is CCOC(=O)c1cccc(NC(=O)C2CCN(S(=O)(=O)Cc3c(Cl)cccc3Cl)CC2)c1. The Hall–Kier alpha value is -2.13. The Bertz CT molecular complexity index is 1080.